The molecule has 2 aromatic rings. The molecule has 138 valence electrons. The topological polar surface area (TPSA) is 72.8 Å². The van der Waals surface area contributed by atoms with Gasteiger partial charge in [-0.25, -0.2) is 0 Å². The van der Waals surface area contributed by atoms with Crippen molar-refractivity contribution in [1.82, 2.24) is 9.58 Å². The Morgan fingerprint density at radius 1 is 1.19 bits per heavy atom. The minimum atomic E-state index is -0.306. The van der Waals surface area contributed by atoms with E-state index in [1.807, 2.05) is 44.2 Å². The Bertz CT molecular complexity index is 819. The summed E-state index contributed by atoms with van der Waals surface area (Å²) in [5, 5.41) is 0. The first kappa shape index (κ1) is 18.0. The van der Waals surface area contributed by atoms with Gasteiger partial charge in [0.1, 0.15) is 12.8 Å². The SMILES string of the molecule is CC.O=C1c2c(OCc3ccccc3)c(=O)ccn2N[C@@H]2COCCN12. The fourth-order valence-electron chi connectivity index (χ4n) is 2.95. The summed E-state index contributed by atoms with van der Waals surface area (Å²) in [7, 11) is 0. The predicted molar refractivity (Wildman–Crippen MR) is 97.8 cm³/mol. The number of amides is 1. The van der Waals surface area contributed by atoms with Gasteiger partial charge in [0.15, 0.2) is 11.4 Å². The van der Waals surface area contributed by atoms with Gasteiger partial charge in [0, 0.05) is 18.8 Å². The number of rotatable bonds is 3. The smallest absolute Gasteiger partial charge is 0.278 e. The lowest BCUT2D eigenvalue weighted by atomic mass is 10.2. The summed E-state index contributed by atoms with van der Waals surface area (Å²) < 4.78 is 12.7. The normalized spacial score (nSPS) is 18.0. The predicted octanol–water partition coefficient (Wildman–Crippen LogP) is 1.81. The Kier molecular flexibility index (Phi) is 5.58. The van der Waals surface area contributed by atoms with Crippen molar-refractivity contribution in [2.45, 2.75) is 26.6 Å². The molecule has 0 bridgehead atoms. The highest BCUT2D eigenvalue weighted by molar-refractivity contribution is 5.96. The quantitative estimate of drug-likeness (QED) is 0.907. The first-order valence-corrected chi connectivity index (χ1v) is 8.82. The van der Waals surface area contributed by atoms with Gasteiger partial charge in [-0.1, -0.05) is 44.2 Å². The van der Waals surface area contributed by atoms with Crippen LogP contribution in [-0.2, 0) is 11.3 Å². The Morgan fingerprint density at radius 2 is 1.96 bits per heavy atom. The Labute approximate surface area is 152 Å². The minimum Gasteiger partial charge on any atom is -0.482 e. The van der Waals surface area contributed by atoms with E-state index in [0.29, 0.717) is 19.8 Å². The van der Waals surface area contributed by atoms with Gasteiger partial charge in [-0.3, -0.25) is 14.3 Å². The van der Waals surface area contributed by atoms with Crippen LogP contribution in [0.1, 0.15) is 29.9 Å². The zero-order chi connectivity index (χ0) is 18.5. The molecule has 1 saturated heterocycles. The van der Waals surface area contributed by atoms with Crippen molar-refractivity contribution >= 4 is 5.91 Å². The lowest BCUT2D eigenvalue weighted by Gasteiger charge is -2.41. The maximum absolute atomic E-state index is 12.8. The molecule has 1 aromatic carbocycles. The molecule has 0 spiro atoms. The minimum absolute atomic E-state index is 0.0730. The molecule has 0 aliphatic carbocycles. The summed E-state index contributed by atoms with van der Waals surface area (Å²) in [5.41, 5.74) is 4.03. The third kappa shape index (κ3) is 3.43. The molecule has 1 atom stereocenters. The van der Waals surface area contributed by atoms with E-state index >= 15 is 0 Å². The third-order valence-corrected chi connectivity index (χ3v) is 4.16. The number of carbonyl (C=O) groups excluding carboxylic acids is 1. The zero-order valence-corrected chi connectivity index (χ0v) is 15.0. The van der Waals surface area contributed by atoms with Crippen molar-refractivity contribution in [2.24, 2.45) is 0 Å². The van der Waals surface area contributed by atoms with E-state index < -0.39 is 0 Å². The standard InChI is InChI=1S/C17H17N3O4.C2H6/c21-13-6-7-20-15(16(13)24-10-12-4-2-1-3-5-12)17(22)19-8-9-23-11-14(19)18-20;1-2/h1-7,14,18H,8-11H2;1-2H3/t14-;/m0./s1. The monoisotopic (exact) mass is 357 g/mol. The molecule has 1 N–H and O–H groups in total. The van der Waals surface area contributed by atoms with Crippen LogP contribution in [0.3, 0.4) is 0 Å². The largest absolute Gasteiger partial charge is 0.482 e. The Morgan fingerprint density at radius 3 is 2.73 bits per heavy atom. The van der Waals surface area contributed by atoms with Crippen molar-refractivity contribution in [2.75, 3.05) is 25.2 Å². The number of benzene rings is 1. The molecule has 0 radical (unpaired) electrons. The van der Waals surface area contributed by atoms with Crippen LogP contribution < -0.4 is 15.6 Å². The molecule has 7 heteroatoms. The molecule has 7 nitrogen and oxygen atoms in total. The second kappa shape index (κ2) is 8.05. The van der Waals surface area contributed by atoms with E-state index in [4.69, 9.17) is 9.47 Å². The van der Waals surface area contributed by atoms with Crippen LogP contribution in [-0.4, -0.2) is 41.4 Å². The maximum Gasteiger partial charge on any atom is 0.278 e. The third-order valence-electron chi connectivity index (χ3n) is 4.16. The fourth-order valence-corrected chi connectivity index (χ4v) is 2.95. The van der Waals surface area contributed by atoms with E-state index in [1.54, 1.807) is 15.8 Å². The van der Waals surface area contributed by atoms with Crippen molar-refractivity contribution < 1.29 is 14.3 Å². The van der Waals surface area contributed by atoms with Crippen LogP contribution in [0.25, 0.3) is 0 Å². The number of aromatic nitrogens is 1. The van der Waals surface area contributed by atoms with Crippen LogP contribution in [0.2, 0.25) is 0 Å². The van der Waals surface area contributed by atoms with Crippen LogP contribution >= 0.6 is 0 Å². The van der Waals surface area contributed by atoms with Crippen LogP contribution in [0, 0.1) is 0 Å². The molecular formula is C19H23N3O4. The summed E-state index contributed by atoms with van der Waals surface area (Å²) in [6.07, 6.45) is 1.32. The number of hydrogen-bond donors (Lipinski definition) is 1. The number of morpholine rings is 1. The van der Waals surface area contributed by atoms with E-state index in [1.165, 1.54) is 6.07 Å². The first-order valence-electron chi connectivity index (χ1n) is 8.82. The zero-order valence-electron chi connectivity index (χ0n) is 15.0. The highest BCUT2D eigenvalue weighted by Gasteiger charge is 2.36. The number of nitrogens with zero attached hydrogens (tertiary/aromatic N) is 2. The van der Waals surface area contributed by atoms with Gasteiger partial charge in [-0.2, -0.15) is 0 Å². The van der Waals surface area contributed by atoms with E-state index in [0.717, 1.165) is 5.56 Å². The number of carbonyl (C=O) groups is 1. The van der Waals surface area contributed by atoms with Gasteiger partial charge >= 0.3 is 0 Å². The molecule has 0 unspecified atom stereocenters. The van der Waals surface area contributed by atoms with Gasteiger partial charge in [-0.05, 0) is 5.56 Å². The summed E-state index contributed by atoms with van der Waals surface area (Å²) in [6, 6.07) is 10.9. The van der Waals surface area contributed by atoms with Gasteiger partial charge in [0.2, 0.25) is 5.43 Å². The van der Waals surface area contributed by atoms with Gasteiger partial charge in [-0.15, -0.1) is 0 Å². The van der Waals surface area contributed by atoms with Crippen molar-refractivity contribution in [1.29, 1.82) is 0 Å². The lowest BCUT2D eigenvalue weighted by Crippen LogP contribution is -2.59. The molecule has 0 saturated carbocycles. The lowest BCUT2D eigenvalue weighted by molar-refractivity contribution is -0.00326. The molecule has 4 rings (SSSR count). The van der Waals surface area contributed by atoms with E-state index in [2.05, 4.69) is 5.43 Å². The Hall–Kier alpha value is -2.80. The summed E-state index contributed by atoms with van der Waals surface area (Å²) in [4.78, 5) is 26.8. The second-order valence-corrected chi connectivity index (χ2v) is 5.72. The average molecular weight is 357 g/mol. The number of hydrogen-bond acceptors (Lipinski definition) is 5. The van der Waals surface area contributed by atoms with Crippen molar-refractivity contribution in [3.8, 4) is 5.75 Å². The Balaban J connectivity index is 0.000000948. The van der Waals surface area contributed by atoms with Gasteiger partial charge < -0.3 is 19.8 Å². The number of pyridine rings is 1. The summed E-state index contributed by atoms with van der Waals surface area (Å²) >= 11 is 0. The van der Waals surface area contributed by atoms with E-state index in [-0.39, 0.29) is 35.6 Å². The second-order valence-electron chi connectivity index (χ2n) is 5.72. The molecule has 1 amide bonds. The van der Waals surface area contributed by atoms with Crippen LogP contribution in [0.4, 0.5) is 0 Å². The number of fused-ring (bicyclic) bond motifs is 2. The van der Waals surface area contributed by atoms with Crippen LogP contribution in [0.5, 0.6) is 5.75 Å². The molecule has 3 heterocycles. The highest BCUT2D eigenvalue weighted by atomic mass is 16.5. The number of ether oxygens (including phenoxy) is 2. The fraction of sp³-hybridized carbons (Fsp3) is 0.368. The first-order chi connectivity index (χ1) is 12.7. The maximum atomic E-state index is 12.8. The summed E-state index contributed by atoms with van der Waals surface area (Å²) in [5.74, 6) is -0.147. The molecule has 1 fully saturated rings. The average Bonchev–Trinajstić information content (AvgIpc) is 2.70. The summed E-state index contributed by atoms with van der Waals surface area (Å²) in [6.45, 7) is 5.61. The van der Waals surface area contributed by atoms with Crippen molar-refractivity contribution in [3.63, 3.8) is 0 Å². The van der Waals surface area contributed by atoms with Gasteiger partial charge in [0.25, 0.3) is 5.91 Å². The highest BCUT2D eigenvalue weighted by Crippen LogP contribution is 2.23. The molecule has 26 heavy (non-hydrogen) atoms. The molecule has 2 aliphatic rings. The van der Waals surface area contributed by atoms with Crippen LogP contribution in [0.15, 0.2) is 47.4 Å². The molecular weight excluding hydrogens is 334 g/mol. The van der Waals surface area contributed by atoms with Crippen molar-refractivity contribution in [3.05, 3.63) is 64.1 Å². The number of nitrogens with one attached hydrogen (secondary N) is 1. The molecule has 2 aliphatic heterocycles. The molecule has 1 aromatic heterocycles. The van der Waals surface area contributed by atoms with E-state index in [9.17, 15) is 9.59 Å². The van der Waals surface area contributed by atoms with Gasteiger partial charge in [0.05, 0.1) is 13.2 Å².